The van der Waals surface area contributed by atoms with Gasteiger partial charge in [-0.1, -0.05) is 0 Å². The Morgan fingerprint density at radius 2 is 2.40 bits per heavy atom. The molecule has 88 valence electrons. The van der Waals surface area contributed by atoms with Crippen LogP contribution >= 0.6 is 0 Å². The van der Waals surface area contributed by atoms with Gasteiger partial charge in [0.1, 0.15) is 6.29 Å². The molecule has 4 heteroatoms. The predicted octanol–water partition coefficient (Wildman–Crippen LogP) is 0.295. The summed E-state index contributed by atoms with van der Waals surface area (Å²) in [5.74, 6) is 0. The quantitative estimate of drug-likeness (QED) is 0.647. The van der Waals surface area contributed by atoms with Crippen molar-refractivity contribution >= 4 is 6.29 Å². The molecular weight excluding hydrogens is 194 g/mol. The summed E-state index contributed by atoms with van der Waals surface area (Å²) in [4.78, 5) is 13.1. The van der Waals surface area contributed by atoms with E-state index in [-0.39, 0.29) is 11.5 Å². The van der Waals surface area contributed by atoms with Crippen LogP contribution in [0.5, 0.6) is 0 Å². The molecule has 0 amide bonds. The molecule has 4 nitrogen and oxygen atoms in total. The number of carbonyl (C=O) groups is 1. The second-order valence-electron chi connectivity index (χ2n) is 4.66. The second kappa shape index (κ2) is 5.58. The van der Waals surface area contributed by atoms with Gasteiger partial charge in [-0.2, -0.15) is 0 Å². The first kappa shape index (κ1) is 12.6. The smallest absolute Gasteiger partial charge is 0.129 e. The molecule has 0 spiro atoms. The normalized spacial score (nSPS) is 28.3. The molecular formula is C11H21NO3. The molecule has 2 unspecified atom stereocenters. The van der Waals surface area contributed by atoms with Gasteiger partial charge in [0.25, 0.3) is 0 Å². The van der Waals surface area contributed by atoms with E-state index < -0.39 is 0 Å². The van der Waals surface area contributed by atoms with E-state index in [0.717, 1.165) is 32.2 Å². The van der Waals surface area contributed by atoms with E-state index in [9.17, 15) is 4.79 Å². The van der Waals surface area contributed by atoms with Gasteiger partial charge in [0.15, 0.2) is 0 Å². The van der Waals surface area contributed by atoms with Crippen LogP contribution in [0.15, 0.2) is 0 Å². The fourth-order valence-electron chi connectivity index (χ4n) is 1.90. The third kappa shape index (κ3) is 3.89. The Kier molecular flexibility index (Phi) is 4.70. The number of aldehydes is 1. The van der Waals surface area contributed by atoms with Crippen molar-refractivity contribution in [3.8, 4) is 0 Å². The Balaban J connectivity index is 2.34. The number of hydrogen-bond acceptors (Lipinski definition) is 4. The fourth-order valence-corrected chi connectivity index (χ4v) is 1.90. The van der Waals surface area contributed by atoms with Crippen LogP contribution in [0.25, 0.3) is 0 Å². The molecule has 0 saturated carbocycles. The molecule has 0 bridgehead atoms. The maximum absolute atomic E-state index is 11.0. The Bertz CT molecular complexity index is 200. The number of aliphatic hydroxyl groups is 1. The van der Waals surface area contributed by atoms with Crippen molar-refractivity contribution in [1.29, 1.82) is 0 Å². The topological polar surface area (TPSA) is 49.8 Å². The first-order valence-corrected chi connectivity index (χ1v) is 5.49. The van der Waals surface area contributed by atoms with Crippen LogP contribution in [-0.4, -0.2) is 55.7 Å². The third-order valence-corrected chi connectivity index (χ3v) is 2.90. The van der Waals surface area contributed by atoms with Crippen molar-refractivity contribution in [2.75, 3.05) is 33.4 Å². The maximum Gasteiger partial charge on any atom is 0.129 e. The molecule has 1 fully saturated rings. The van der Waals surface area contributed by atoms with E-state index in [1.807, 2.05) is 7.05 Å². The van der Waals surface area contributed by atoms with Crippen LogP contribution in [0, 0.1) is 5.41 Å². The number of ether oxygens (including phenoxy) is 1. The molecule has 2 atom stereocenters. The minimum Gasteiger partial charge on any atom is -0.393 e. The highest BCUT2D eigenvalue weighted by molar-refractivity contribution is 5.60. The molecule has 1 aliphatic rings. The number of nitrogens with zero attached hydrogens (tertiary/aromatic N) is 1. The van der Waals surface area contributed by atoms with Gasteiger partial charge in [-0.05, 0) is 26.8 Å². The summed E-state index contributed by atoms with van der Waals surface area (Å²) >= 11 is 0. The van der Waals surface area contributed by atoms with Crippen molar-refractivity contribution < 1.29 is 14.6 Å². The average molecular weight is 215 g/mol. The van der Waals surface area contributed by atoms with Crippen molar-refractivity contribution in [3.63, 3.8) is 0 Å². The number of carbonyl (C=O) groups excluding carboxylic acids is 1. The van der Waals surface area contributed by atoms with E-state index in [1.165, 1.54) is 0 Å². The summed E-state index contributed by atoms with van der Waals surface area (Å²) in [6.45, 7) is 4.54. The molecule has 0 aliphatic carbocycles. The van der Waals surface area contributed by atoms with Crippen LogP contribution in [0.4, 0.5) is 0 Å². The monoisotopic (exact) mass is 215 g/mol. The van der Waals surface area contributed by atoms with Crippen molar-refractivity contribution in [1.82, 2.24) is 4.90 Å². The second-order valence-corrected chi connectivity index (χ2v) is 4.66. The van der Waals surface area contributed by atoms with Gasteiger partial charge in [0, 0.05) is 19.7 Å². The molecule has 0 aromatic rings. The first-order valence-electron chi connectivity index (χ1n) is 5.49. The highest BCUT2D eigenvalue weighted by atomic mass is 16.5. The van der Waals surface area contributed by atoms with Crippen LogP contribution in [0.1, 0.15) is 19.8 Å². The summed E-state index contributed by atoms with van der Waals surface area (Å²) in [6.07, 6.45) is 2.31. The fraction of sp³-hybridized carbons (Fsp3) is 0.909. The van der Waals surface area contributed by atoms with Crippen molar-refractivity contribution in [2.24, 2.45) is 5.41 Å². The van der Waals surface area contributed by atoms with Crippen LogP contribution < -0.4 is 0 Å². The molecule has 1 rings (SSSR count). The largest absolute Gasteiger partial charge is 0.393 e. The Morgan fingerprint density at radius 1 is 1.67 bits per heavy atom. The van der Waals surface area contributed by atoms with Crippen LogP contribution in [0.2, 0.25) is 0 Å². The zero-order valence-corrected chi connectivity index (χ0v) is 9.61. The summed E-state index contributed by atoms with van der Waals surface area (Å²) in [5, 5.41) is 9.16. The third-order valence-electron chi connectivity index (χ3n) is 2.90. The molecule has 0 aromatic carbocycles. The van der Waals surface area contributed by atoms with E-state index in [4.69, 9.17) is 9.84 Å². The van der Waals surface area contributed by atoms with E-state index in [2.05, 4.69) is 4.90 Å². The van der Waals surface area contributed by atoms with Gasteiger partial charge in [-0.3, -0.25) is 0 Å². The standard InChI is InChI=1S/C11H21NO3/c1-10(14)3-5-12(2)7-11(8-13)4-6-15-9-11/h8,10,14H,3-7,9H2,1-2H3. The number of rotatable bonds is 6. The SMILES string of the molecule is CC(O)CCN(C)CC1(C=O)CCOC1. The Hall–Kier alpha value is -0.450. The molecule has 1 N–H and O–H groups in total. The van der Waals surface area contributed by atoms with Gasteiger partial charge in [0.05, 0.1) is 18.1 Å². The molecule has 0 aromatic heterocycles. The number of hydrogen-bond donors (Lipinski definition) is 1. The molecule has 15 heavy (non-hydrogen) atoms. The molecule has 0 radical (unpaired) electrons. The zero-order valence-electron chi connectivity index (χ0n) is 9.61. The lowest BCUT2D eigenvalue weighted by molar-refractivity contribution is -0.117. The first-order chi connectivity index (χ1) is 7.08. The lowest BCUT2D eigenvalue weighted by atomic mass is 9.88. The van der Waals surface area contributed by atoms with E-state index >= 15 is 0 Å². The lowest BCUT2D eigenvalue weighted by Gasteiger charge is -2.27. The summed E-state index contributed by atoms with van der Waals surface area (Å²) < 4.78 is 5.27. The summed E-state index contributed by atoms with van der Waals surface area (Å²) in [6, 6.07) is 0. The molecule has 1 saturated heterocycles. The Morgan fingerprint density at radius 3 is 2.87 bits per heavy atom. The molecule has 1 heterocycles. The van der Waals surface area contributed by atoms with E-state index in [1.54, 1.807) is 6.92 Å². The van der Waals surface area contributed by atoms with Gasteiger partial charge < -0.3 is 19.5 Å². The highest BCUT2D eigenvalue weighted by Gasteiger charge is 2.35. The van der Waals surface area contributed by atoms with Crippen molar-refractivity contribution in [3.05, 3.63) is 0 Å². The Labute approximate surface area is 91.2 Å². The highest BCUT2D eigenvalue weighted by Crippen LogP contribution is 2.26. The average Bonchev–Trinajstić information content (AvgIpc) is 2.64. The van der Waals surface area contributed by atoms with Gasteiger partial charge in [-0.15, -0.1) is 0 Å². The van der Waals surface area contributed by atoms with Gasteiger partial charge in [0.2, 0.25) is 0 Å². The maximum atomic E-state index is 11.0. The lowest BCUT2D eigenvalue weighted by Crippen LogP contribution is -2.38. The van der Waals surface area contributed by atoms with Gasteiger partial charge >= 0.3 is 0 Å². The zero-order chi connectivity index (χ0) is 11.3. The van der Waals surface area contributed by atoms with Crippen molar-refractivity contribution in [2.45, 2.75) is 25.9 Å². The molecule has 1 aliphatic heterocycles. The predicted molar refractivity (Wildman–Crippen MR) is 57.7 cm³/mol. The summed E-state index contributed by atoms with van der Waals surface area (Å²) in [7, 11) is 1.98. The number of aliphatic hydroxyl groups excluding tert-OH is 1. The van der Waals surface area contributed by atoms with Gasteiger partial charge in [-0.25, -0.2) is 0 Å². The minimum absolute atomic E-state index is 0.278. The van der Waals surface area contributed by atoms with Crippen LogP contribution in [0.3, 0.4) is 0 Å². The van der Waals surface area contributed by atoms with Crippen LogP contribution in [-0.2, 0) is 9.53 Å². The van der Waals surface area contributed by atoms with E-state index in [0.29, 0.717) is 13.2 Å². The minimum atomic E-state index is -0.312. The summed E-state index contributed by atoms with van der Waals surface area (Å²) in [5.41, 5.74) is -0.312.